The highest BCUT2D eigenvalue weighted by atomic mass is 32.2. The summed E-state index contributed by atoms with van der Waals surface area (Å²) in [6.45, 7) is 3.35. The van der Waals surface area contributed by atoms with E-state index in [1.54, 1.807) is 11.8 Å². The van der Waals surface area contributed by atoms with E-state index in [0.717, 1.165) is 11.5 Å². The van der Waals surface area contributed by atoms with Crippen molar-refractivity contribution in [2.24, 2.45) is 0 Å². The van der Waals surface area contributed by atoms with E-state index in [4.69, 9.17) is 0 Å². The van der Waals surface area contributed by atoms with Crippen molar-refractivity contribution in [1.82, 2.24) is 0 Å². The molecule has 8 heavy (non-hydrogen) atoms. The third-order valence-electron chi connectivity index (χ3n) is 0.658. The molecule has 0 N–H and O–H groups in total. The maximum atomic E-state index is 11.4. The zero-order chi connectivity index (χ0) is 6.24. The van der Waals surface area contributed by atoms with Gasteiger partial charge >= 0.3 is 0 Å². The molecule has 0 radical (unpaired) electrons. The van der Waals surface area contributed by atoms with Gasteiger partial charge in [0.2, 0.25) is 0 Å². The topological polar surface area (TPSA) is 0 Å². The van der Waals surface area contributed by atoms with E-state index in [9.17, 15) is 4.39 Å². The average molecular weight is 134 g/mol. The molecule has 0 aromatic rings. The lowest BCUT2D eigenvalue weighted by atomic mass is 10.6. The summed E-state index contributed by atoms with van der Waals surface area (Å²) in [4.78, 5) is 0. The lowest BCUT2D eigenvalue weighted by Crippen LogP contribution is -1.81. The molecular formula is C6H11FS. The van der Waals surface area contributed by atoms with Gasteiger partial charge in [0, 0.05) is 5.75 Å². The molecule has 0 rings (SSSR count). The molecule has 0 spiro atoms. The van der Waals surface area contributed by atoms with Gasteiger partial charge in [-0.2, -0.15) is 11.8 Å². The minimum absolute atomic E-state index is 0.190. The highest BCUT2D eigenvalue weighted by molar-refractivity contribution is 7.99. The summed E-state index contributed by atoms with van der Waals surface area (Å²) in [7, 11) is 0. The van der Waals surface area contributed by atoms with Crippen LogP contribution in [-0.4, -0.2) is 18.2 Å². The summed E-state index contributed by atoms with van der Waals surface area (Å²) < 4.78 is 11.4. The van der Waals surface area contributed by atoms with Crippen LogP contribution in [0.25, 0.3) is 0 Å². The third-order valence-corrected chi connectivity index (χ3v) is 1.71. The van der Waals surface area contributed by atoms with Crippen LogP contribution in [0, 0.1) is 0 Å². The van der Waals surface area contributed by atoms with Crippen molar-refractivity contribution in [2.45, 2.75) is 6.42 Å². The van der Waals surface area contributed by atoms with E-state index in [2.05, 4.69) is 6.58 Å². The fraction of sp³-hybridized carbons (Fsp3) is 0.667. The highest BCUT2D eigenvalue weighted by Gasteiger charge is 1.83. The third kappa shape index (κ3) is 6.02. The molecule has 0 aromatic heterocycles. The van der Waals surface area contributed by atoms with Gasteiger partial charge < -0.3 is 0 Å². The second kappa shape index (κ2) is 7.02. The molecule has 0 saturated heterocycles. The maximum absolute atomic E-state index is 11.4. The number of thioether (sulfide) groups is 1. The predicted molar refractivity (Wildman–Crippen MR) is 38.1 cm³/mol. The minimum atomic E-state index is -0.190. The van der Waals surface area contributed by atoms with Gasteiger partial charge in [-0.3, -0.25) is 4.39 Å². The van der Waals surface area contributed by atoms with E-state index in [0.29, 0.717) is 6.42 Å². The molecule has 0 fully saturated rings. The number of halogens is 1. The van der Waals surface area contributed by atoms with Gasteiger partial charge in [0.25, 0.3) is 0 Å². The van der Waals surface area contributed by atoms with Crippen LogP contribution in [0.2, 0.25) is 0 Å². The van der Waals surface area contributed by atoms with E-state index < -0.39 is 0 Å². The molecular weight excluding hydrogens is 123 g/mol. The molecule has 0 heterocycles. The Hall–Kier alpha value is 0.0200. The number of hydrogen-bond donors (Lipinski definition) is 0. The number of alkyl halides is 1. The van der Waals surface area contributed by atoms with Gasteiger partial charge in [-0.1, -0.05) is 6.08 Å². The standard InChI is InChI=1S/C6H11FS/c1-2-5-8-6-3-4-7/h2H,1,3-6H2. The van der Waals surface area contributed by atoms with E-state index in [-0.39, 0.29) is 6.67 Å². The lowest BCUT2D eigenvalue weighted by Gasteiger charge is -1.90. The molecule has 0 atom stereocenters. The average Bonchev–Trinajstić information content (AvgIpc) is 1.81. The van der Waals surface area contributed by atoms with Crippen LogP contribution in [0.1, 0.15) is 6.42 Å². The molecule has 0 bridgehead atoms. The van der Waals surface area contributed by atoms with Gasteiger partial charge in [-0.25, -0.2) is 0 Å². The number of hydrogen-bond acceptors (Lipinski definition) is 1. The first kappa shape index (κ1) is 8.02. The number of rotatable bonds is 5. The van der Waals surface area contributed by atoms with Gasteiger partial charge in [0.15, 0.2) is 0 Å². The molecule has 0 aromatic carbocycles. The van der Waals surface area contributed by atoms with Gasteiger partial charge in [0.05, 0.1) is 6.67 Å². The lowest BCUT2D eigenvalue weighted by molar-refractivity contribution is 0.489. The molecule has 2 heteroatoms. The molecule has 0 amide bonds. The van der Waals surface area contributed by atoms with Crippen molar-refractivity contribution < 1.29 is 4.39 Å². The quantitative estimate of drug-likeness (QED) is 0.410. The van der Waals surface area contributed by atoms with Crippen molar-refractivity contribution in [2.75, 3.05) is 18.2 Å². The summed E-state index contributed by atoms with van der Waals surface area (Å²) >= 11 is 1.72. The van der Waals surface area contributed by atoms with Crippen LogP contribution < -0.4 is 0 Å². The Kier molecular flexibility index (Phi) is 7.04. The van der Waals surface area contributed by atoms with Crippen molar-refractivity contribution in [3.8, 4) is 0 Å². The van der Waals surface area contributed by atoms with Crippen LogP contribution >= 0.6 is 11.8 Å². The van der Waals surface area contributed by atoms with Crippen molar-refractivity contribution in [1.29, 1.82) is 0 Å². The molecule has 0 aliphatic carbocycles. The first-order valence-electron chi connectivity index (χ1n) is 2.66. The van der Waals surface area contributed by atoms with Crippen molar-refractivity contribution in [3.63, 3.8) is 0 Å². The smallest absolute Gasteiger partial charge is 0.0902 e. The van der Waals surface area contributed by atoms with Crippen LogP contribution in [0.3, 0.4) is 0 Å². The fourth-order valence-electron chi connectivity index (χ4n) is 0.323. The first-order chi connectivity index (χ1) is 3.91. The van der Waals surface area contributed by atoms with Crippen LogP contribution in [-0.2, 0) is 0 Å². The van der Waals surface area contributed by atoms with E-state index >= 15 is 0 Å². The second-order valence-corrected chi connectivity index (χ2v) is 2.56. The minimum Gasteiger partial charge on any atom is -0.251 e. The second-order valence-electron chi connectivity index (χ2n) is 1.41. The molecule has 0 saturated carbocycles. The predicted octanol–water partition coefficient (Wildman–Crippen LogP) is 2.27. The van der Waals surface area contributed by atoms with Crippen LogP contribution in [0.4, 0.5) is 4.39 Å². The Labute approximate surface area is 54.2 Å². The molecule has 48 valence electrons. The monoisotopic (exact) mass is 134 g/mol. The van der Waals surface area contributed by atoms with Gasteiger partial charge in [-0.15, -0.1) is 6.58 Å². The van der Waals surface area contributed by atoms with Crippen LogP contribution in [0.5, 0.6) is 0 Å². The summed E-state index contributed by atoms with van der Waals surface area (Å²) in [5.74, 6) is 1.86. The summed E-state index contributed by atoms with van der Waals surface area (Å²) in [6.07, 6.45) is 2.52. The molecule has 0 unspecified atom stereocenters. The van der Waals surface area contributed by atoms with Crippen LogP contribution in [0.15, 0.2) is 12.7 Å². The van der Waals surface area contributed by atoms with Crippen molar-refractivity contribution in [3.05, 3.63) is 12.7 Å². The first-order valence-corrected chi connectivity index (χ1v) is 3.82. The van der Waals surface area contributed by atoms with Gasteiger partial charge in [0.1, 0.15) is 0 Å². The summed E-state index contributed by atoms with van der Waals surface area (Å²) in [5, 5.41) is 0. The zero-order valence-electron chi connectivity index (χ0n) is 4.90. The largest absolute Gasteiger partial charge is 0.251 e. The van der Waals surface area contributed by atoms with Gasteiger partial charge in [-0.05, 0) is 12.2 Å². The van der Waals surface area contributed by atoms with Crippen molar-refractivity contribution >= 4 is 11.8 Å². The molecule has 0 aliphatic heterocycles. The normalized spacial score (nSPS) is 9.12. The molecule has 0 nitrogen and oxygen atoms in total. The Bertz CT molecular complexity index is 54.5. The SMILES string of the molecule is C=CCSCCCF. The summed E-state index contributed by atoms with van der Waals surface area (Å²) in [6, 6.07) is 0. The highest BCUT2D eigenvalue weighted by Crippen LogP contribution is 2.01. The zero-order valence-corrected chi connectivity index (χ0v) is 5.72. The Morgan fingerprint density at radius 3 is 2.88 bits per heavy atom. The Morgan fingerprint density at radius 1 is 1.62 bits per heavy atom. The molecule has 0 aliphatic rings. The fourth-order valence-corrected chi connectivity index (χ4v) is 0.970. The van der Waals surface area contributed by atoms with E-state index in [1.165, 1.54) is 0 Å². The van der Waals surface area contributed by atoms with E-state index in [1.807, 2.05) is 6.08 Å². The Morgan fingerprint density at radius 2 is 2.38 bits per heavy atom. The maximum Gasteiger partial charge on any atom is 0.0902 e. The summed E-state index contributed by atoms with van der Waals surface area (Å²) in [5.41, 5.74) is 0. The Balaban J connectivity index is 2.62.